The molecule has 0 heterocycles. The van der Waals surface area contributed by atoms with Crippen LogP contribution >= 0.6 is 0 Å². The molecule has 0 aliphatic carbocycles. The van der Waals surface area contributed by atoms with E-state index in [1.807, 2.05) is 20.4 Å². The van der Waals surface area contributed by atoms with Crippen molar-refractivity contribution in [1.82, 2.24) is 0 Å². The highest BCUT2D eigenvalue weighted by atomic mass is 28.4. The molecular weight excluding hydrogens is 633 g/mol. The molecule has 0 aromatic heterocycles. The molecular formula is C29H76O9Si5. The van der Waals surface area contributed by atoms with Crippen LogP contribution in [0.1, 0.15) is 34.1 Å². The van der Waals surface area contributed by atoms with E-state index in [-0.39, 0.29) is 15.1 Å². The Morgan fingerprint density at radius 3 is 1.51 bits per heavy atom. The zero-order chi connectivity index (χ0) is 34.6. The fourth-order valence-corrected chi connectivity index (χ4v) is 15.7. The number of methoxy groups -OCH3 is 3. The summed E-state index contributed by atoms with van der Waals surface area (Å²) in [4.78, 5) is 0. The number of hydrogen-bond donors (Lipinski definition) is 0. The summed E-state index contributed by atoms with van der Waals surface area (Å²) < 4.78 is 48.8. The molecule has 0 unspecified atom stereocenters. The van der Waals surface area contributed by atoms with Crippen LogP contribution in [0.4, 0.5) is 0 Å². The quantitative estimate of drug-likeness (QED) is 0.0927. The second-order valence-corrected chi connectivity index (χ2v) is 31.0. The normalized spacial score (nSPS) is 12.7. The van der Waals surface area contributed by atoms with Gasteiger partial charge < -0.3 is 41.1 Å². The Hall–Kier alpha value is 0.724. The summed E-state index contributed by atoms with van der Waals surface area (Å²) in [6, 6.07) is 4.05. The minimum Gasteiger partial charge on any atom is -0.413 e. The lowest BCUT2D eigenvalue weighted by Crippen LogP contribution is -2.48. The molecule has 0 saturated carbocycles. The molecule has 14 heteroatoms. The topological polar surface area (TPSA) is 83.1 Å². The summed E-state index contributed by atoms with van der Waals surface area (Å²) in [7, 11) is 5.06. The van der Waals surface area contributed by atoms with Crippen LogP contribution in [-0.4, -0.2) is 131 Å². The maximum Gasteiger partial charge on any atom is 0.364 e. The van der Waals surface area contributed by atoms with Gasteiger partial charge in [0.05, 0.1) is 19.4 Å². The maximum absolute atomic E-state index is 6.52. The van der Waals surface area contributed by atoms with E-state index in [4.69, 9.17) is 41.1 Å². The van der Waals surface area contributed by atoms with E-state index in [1.54, 1.807) is 49.8 Å². The van der Waals surface area contributed by atoms with Crippen LogP contribution in [0.15, 0.2) is 0 Å². The molecule has 43 heavy (non-hydrogen) atoms. The molecule has 266 valence electrons. The van der Waals surface area contributed by atoms with E-state index in [2.05, 4.69) is 53.1 Å². The average Bonchev–Trinajstić information content (AvgIpc) is 2.93. The van der Waals surface area contributed by atoms with Crippen molar-refractivity contribution in [3.05, 3.63) is 0 Å². The van der Waals surface area contributed by atoms with Crippen molar-refractivity contribution in [1.29, 1.82) is 0 Å². The third-order valence-electron chi connectivity index (χ3n) is 6.35. The van der Waals surface area contributed by atoms with Gasteiger partial charge in [-0.3, -0.25) is 0 Å². The third-order valence-corrected chi connectivity index (χ3v) is 18.4. The fraction of sp³-hybridized carbons (Fsp3) is 1.00. The molecule has 0 radical (unpaired) electrons. The molecule has 0 bridgehead atoms. The van der Waals surface area contributed by atoms with Crippen molar-refractivity contribution in [2.24, 2.45) is 0 Å². The monoisotopic (exact) mass is 708 g/mol. The summed E-state index contributed by atoms with van der Waals surface area (Å²) in [6.45, 7) is 26.9. The summed E-state index contributed by atoms with van der Waals surface area (Å²) >= 11 is 0. The van der Waals surface area contributed by atoms with E-state index in [0.29, 0.717) is 19.4 Å². The minimum atomic E-state index is -2.23. The molecule has 0 atom stereocenters. The summed E-state index contributed by atoms with van der Waals surface area (Å²) in [5, 5.41) is 0. The lowest BCUT2D eigenvalue weighted by Gasteiger charge is -2.38. The van der Waals surface area contributed by atoms with Crippen LogP contribution in [0.25, 0.3) is 0 Å². The Morgan fingerprint density at radius 1 is 0.628 bits per heavy atom. The van der Waals surface area contributed by atoms with Crippen molar-refractivity contribution in [3.8, 4) is 0 Å². The molecule has 0 saturated heterocycles. The van der Waals surface area contributed by atoms with Crippen molar-refractivity contribution < 1.29 is 41.1 Å². The Morgan fingerprint density at radius 2 is 1.16 bits per heavy atom. The van der Waals surface area contributed by atoms with Crippen LogP contribution in [0.3, 0.4) is 0 Å². The van der Waals surface area contributed by atoms with E-state index in [1.165, 1.54) is 6.04 Å². The van der Waals surface area contributed by atoms with Crippen LogP contribution in [-0.2, 0) is 41.1 Å². The first-order chi connectivity index (χ1) is 19.9. The van der Waals surface area contributed by atoms with Crippen LogP contribution in [0.5, 0.6) is 0 Å². The summed E-state index contributed by atoms with van der Waals surface area (Å²) in [5.41, 5.74) is 0.0249. The van der Waals surface area contributed by atoms with Gasteiger partial charge in [-0.15, -0.1) is 0 Å². The molecule has 0 aromatic carbocycles. The number of rotatable bonds is 22. The van der Waals surface area contributed by atoms with E-state index < -0.39 is 33.5 Å². The standard InChI is InChI=1S/C15H36O3Si2.C9H24O5Si2.C3H10OSi.C2H6/c1-15(2,14-19(4,5)6)18-20(7,8)13-9-10-17-12-11-16-3;1-10-9-16(13-4,14-5)8-7-15(6,11-2)12-3;1-4-3-5-2;1-2/h9-14H2,1-8H3;7-9H2,1-6H3;3,5H2,1-2H3;1-2H3. The van der Waals surface area contributed by atoms with Crippen molar-refractivity contribution in [2.45, 2.75) is 110 Å². The third kappa shape index (κ3) is 32.5. The zero-order valence-electron chi connectivity index (χ0n) is 32.0. The lowest BCUT2D eigenvalue weighted by atomic mass is 10.2. The minimum absolute atomic E-state index is 0.0249. The van der Waals surface area contributed by atoms with Crippen LogP contribution in [0.2, 0.25) is 70.0 Å². The summed E-state index contributed by atoms with van der Waals surface area (Å²) in [5.74, 6) is 0. The highest BCUT2D eigenvalue weighted by Gasteiger charge is 2.40. The second-order valence-electron chi connectivity index (χ2n) is 12.9. The summed E-state index contributed by atoms with van der Waals surface area (Å²) in [6.07, 6.45) is 2.64. The number of ether oxygens (including phenoxy) is 4. The largest absolute Gasteiger partial charge is 0.413 e. The molecule has 0 aromatic rings. The van der Waals surface area contributed by atoms with Crippen molar-refractivity contribution in [2.75, 3.05) is 82.0 Å². The molecule has 0 amide bonds. The van der Waals surface area contributed by atoms with Gasteiger partial charge in [0.25, 0.3) is 0 Å². The van der Waals surface area contributed by atoms with Gasteiger partial charge in [0, 0.05) is 85.8 Å². The molecule has 0 spiro atoms. The highest BCUT2D eigenvalue weighted by molar-refractivity contribution is 6.76. The molecule has 0 rings (SSSR count). The second kappa shape index (κ2) is 28.9. The van der Waals surface area contributed by atoms with Gasteiger partial charge in [0.15, 0.2) is 8.32 Å². The van der Waals surface area contributed by atoms with Gasteiger partial charge in [0.2, 0.25) is 0 Å². The van der Waals surface area contributed by atoms with E-state index in [0.717, 1.165) is 37.4 Å². The molecule has 0 N–H and O–H groups in total. The lowest BCUT2D eigenvalue weighted by molar-refractivity contribution is 0.0694. The number of hydrogen-bond acceptors (Lipinski definition) is 9. The Balaban J connectivity index is -0.000000295. The van der Waals surface area contributed by atoms with Crippen molar-refractivity contribution >= 4 is 43.0 Å². The van der Waals surface area contributed by atoms with E-state index in [9.17, 15) is 0 Å². The van der Waals surface area contributed by atoms with Gasteiger partial charge in [-0.05, 0) is 64.1 Å². The predicted molar refractivity (Wildman–Crippen MR) is 197 cm³/mol. The van der Waals surface area contributed by atoms with Crippen molar-refractivity contribution in [3.63, 3.8) is 0 Å². The molecule has 0 fully saturated rings. The Labute approximate surface area is 275 Å². The molecule has 0 aliphatic heterocycles. The zero-order valence-corrected chi connectivity index (χ0v) is 37.4. The first kappa shape index (κ1) is 50.6. The first-order valence-corrected chi connectivity index (χ1v) is 29.8. The van der Waals surface area contributed by atoms with Gasteiger partial charge in [-0.1, -0.05) is 40.0 Å². The maximum atomic E-state index is 6.52. The average molecular weight is 709 g/mol. The van der Waals surface area contributed by atoms with Crippen LogP contribution < -0.4 is 0 Å². The Bertz CT molecular complexity index is 585. The van der Waals surface area contributed by atoms with E-state index >= 15 is 0 Å². The SMILES string of the molecule is CC.COCCOCCC[Si](C)(C)OC(C)(C)C[Si](C)(C)C.COC[SiH2]C.COC[Si](CC[Si](C)(OC)OC)(OC)OC. The molecule has 0 aliphatic rings. The molecule has 9 nitrogen and oxygen atoms in total. The smallest absolute Gasteiger partial charge is 0.364 e. The predicted octanol–water partition coefficient (Wildman–Crippen LogP) is 6.48. The van der Waals surface area contributed by atoms with Crippen LogP contribution in [0, 0.1) is 0 Å². The van der Waals surface area contributed by atoms with Gasteiger partial charge in [-0.2, -0.15) is 0 Å². The Kier molecular flexibility index (Phi) is 34.0. The fourth-order valence-electron chi connectivity index (χ4n) is 4.56. The highest BCUT2D eigenvalue weighted by Crippen LogP contribution is 2.29. The van der Waals surface area contributed by atoms with Gasteiger partial charge in [0.1, 0.15) is 0 Å². The van der Waals surface area contributed by atoms with Gasteiger partial charge >= 0.3 is 17.1 Å². The first-order valence-electron chi connectivity index (χ1n) is 15.9. The van der Waals surface area contributed by atoms with Gasteiger partial charge in [-0.25, -0.2) is 0 Å².